The minimum atomic E-state index is -0.437. The third kappa shape index (κ3) is 8.59. The highest BCUT2D eigenvalue weighted by molar-refractivity contribution is 5.16. The molecule has 4 aromatic rings. The molecule has 1 unspecified atom stereocenters. The third-order valence-corrected chi connectivity index (χ3v) is 6.75. The molecule has 0 radical (unpaired) electrons. The minimum Gasteiger partial charge on any atom is -0.374 e. The van der Waals surface area contributed by atoms with E-state index in [1.165, 1.54) is 0 Å². The van der Waals surface area contributed by atoms with Crippen LogP contribution in [0.5, 0.6) is 0 Å². The normalized spacial score (nSPS) is 21.0. The molecule has 5 heteroatoms. The molecule has 0 aromatic heterocycles. The Morgan fingerprint density at radius 3 is 1.46 bits per heavy atom. The van der Waals surface area contributed by atoms with Gasteiger partial charge in [0, 0.05) is 6.42 Å². The molecule has 0 spiro atoms. The summed E-state index contributed by atoms with van der Waals surface area (Å²) in [5.41, 5.74) is 4.43. The highest BCUT2D eigenvalue weighted by Crippen LogP contribution is 2.29. The molecule has 0 bridgehead atoms. The fraction of sp³-hybridized carbons (Fsp3) is 0.294. The Morgan fingerprint density at radius 2 is 0.949 bits per heavy atom. The lowest BCUT2D eigenvalue weighted by molar-refractivity contribution is -0.281. The molecular formula is C34H36O5. The second-order valence-electron chi connectivity index (χ2n) is 9.73. The van der Waals surface area contributed by atoms with E-state index >= 15 is 0 Å². The van der Waals surface area contributed by atoms with E-state index in [4.69, 9.17) is 23.7 Å². The third-order valence-electron chi connectivity index (χ3n) is 6.75. The van der Waals surface area contributed by atoms with Crippen LogP contribution in [0.15, 0.2) is 121 Å². The molecule has 4 aromatic carbocycles. The fourth-order valence-corrected chi connectivity index (χ4v) is 4.68. The van der Waals surface area contributed by atoms with Gasteiger partial charge in [0.1, 0.15) is 12.2 Å². The molecule has 5 nitrogen and oxygen atoms in total. The van der Waals surface area contributed by atoms with E-state index < -0.39 is 6.29 Å². The first-order valence-corrected chi connectivity index (χ1v) is 13.6. The molecule has 202 valence electrons. The van der Waals surface area contributed by atoms with Crippen molar-refractivity contribution < 1.29 is 23.7 Å². The Balaban J connectivity index is 1.30. The molecule has 5 rings (SSSR count). The van der Waals surface area contributed by atoms with Gasteiger partial charge in [-0.05, 0) is 22.3 Å². The molecule has 0 aliphatic carbocycles. The minimum absolute atomic E-state index is 0.228. The first-order chi connectivity index (χ1) is 19.3. The largest absolute Gasteiger partial charge is 0.374 e. The standard InChI is InChI=1S/C34H36O5/c1-5-13-27(14-6-1)22-35-26-32-34(38-25-30-19-11-4-12-20-30)31(36-23-28-15-7-2-8-16-28)21-33(39-32)37-24-29-17-9-3-10-18-29/h1-20,31-34H,21-26H2/t31-,32-,33?,34+/m1/s1. The van der Waals surface area contributed by atoms with E-state index in [0.717, 1.165) is 22.3 Å². The topological polar surface area (TPSA) is 46.2 Å². The van der Waals surface area contributed by atoms with Crippen molar-refractivity contribution in [2.75, 3.05) is 6.61 Å². The van der Waals surface area contributed by atoms with E-state index in [9.17, 15) is 0 Å². The fourth-order valence-electron chi connectivity index (χ4n) is 4.68. The van der Waals surface area contributed by atoms with Crippen molar-refractivity contribution in [2.24, 2.45) is 0 Å². The average molecular weight is 525 g/mol. The van der Waals surface area contributed by atoms with Crippen molar-refractivity contribution in [3.05, 3.63) is 144 Å². The molecule has 1 aliphatic rings. The summed E-state index contributed by atoms with van der Waals surface area (Å²) in [6, 6.07) is 40.7. The van der Waals surface area contributed by atoms with Gasteiger partial charge < -0.3 is 23.7 Å². The van der Waals surface area contributed by atoms with Crippen LogP contribution < -0.4 is 0 Å². The quantitative estimate of drug-likeness (QED) is 0.195. The molecule has 4 atom stereocenters. The predicted molar refractivity (Wildman–Crippen MR) is 151 cm³/mol. The van der Waals surface area contributed by atoms with Crippen molar-refractivity contribution in [3.8, 4) is 0 Å². The maximum Gasteiger partial charge on any atom is 0.161 e. The summed E-state index contributed by atoms with van der Waals surface area (Å²) in [6.07, 6.45) is -0.774. The number of hydrogen-bond acceptors (Lipinski definition) is 5. The number of hydrogen-bond donors (Lipinski definition) is 0. The summed E-state index contributed by atoms with van der Waals surface area (Å²) in [7, 11) is 0. The van der Waals surface area contributed by atoms with Gasteiger partial charge in [-0.25, -0.2) is 0 Å². The van der Waals surface area contributed by atoms with Crippen LogP contribution in [-0.2, 0) is 50.1 Å². The Bertz CT molecular complexity index is 1200. The molecule has 0 amide bonds. The Labute approximate surface area is 231 Å². The molecule has 1 aliphatic heterocycles. The lowest BCUT2D eigenvalue weighted by Gasteiger charge is -2.41. The van der Waals surface area contributed by atoms with Crippen LogP contribution in [0.4, 0.5) is 0 Å². The van der Waals surface area contributed by atoms with Gasteiger partial charge in [0.15, 0.2) is 6.29 Å². The van der Waals surface area contributed by atoms with E-state index in [0.29, 0.717) is 39.5 Å². The van der Waals surface area contributed by atoms with Gasteiger partial charge >= 0.3 is 0 Å². The maximum absolute atomic E-state index is 6.51. The molecule has 1 heterocycles. The summed E-state index contributed by atoms with van der Waals surface area (Å²) in [4.78, 5) is 0. The summed E-state index contributed by atoms with van der Waals surface area (Å²) in [6.45, 7) is 2.27. The zero-order valence-corrected chi connectivity index (χ0v) is 22.1. The van der Waals surface area contributed by atoms with Crippen LogP contribution in [0.25, 0.3) is 0 Å². The van der Waals surface area contributed by atoms with Gasteiger partial charge in [-0.15, -0.1) is 0 Å². The van der Waals surface area contributed by atoms with Crippen molar-refractivity contribution >= 4 is 0 Å². The van der Waals surface area contributed by atoms with Crippen LogP contribution in [0.1, 0.15) is 28.7 Å². The molecule has 1 fully saturated rings. The van der Waals surface area contributed by atoms with Crippen molar-refractivity contribution in [1.29, 1.82) is 0 Å². The second-order valence-corrected chi connectivity index (χ2v) is 9.73. The van der Waals surface area contributed by atoms with Crippen LogP contribution in [0.3, 0.4) is 0 Å². The summed E-state index contributed by atoms with van der Waals surface area (Å²) >= 11 is 0. The summed E-state index contributed by atoms with van der Waals surface area (Å²) in [5, 5.41) is 0. The van der Waals surface area contributed by atoms with Crippen molar-refractivity contribution in [2.45, 2.75) is 57.5 Å². The van der Waals surface area contributed by atoms with Gasteiger partial charge in [-0.2, -0.15) is 0 Å². The van der Waals surface area contributed by atoms with E-state index in [2.05, 4.69) is 48.5 Å². The van der Waals surface area contributed by atoms with E-state index in [1.807, 2.05) is 72.8 Å². The zero-order valence-electron chi connectivity index (χ0n) is 22.1. The number of benzene rings is 4. The van der Waals surface area contributed by atoms with Gasteiger partial charge in [0.2, 0.25) is 0 Å². The number of rotatable bonds is 13. The molecule has 39 heavy (non-hydrogen) atoms. The predicted octanol–water partition coefficient (Wildman–Crippen LogP) is 6.71. The Morgan fingerprint density at radius 1 is 0.513 bits per heavy atom. The van der Waals surface area contributed by atoms with Crippen LogP contribution in [0, 0.1) is 0 Å². The Kier molecular flexibility index (Phi) is 10.3. The van der Waals surface area contributed by atoms with E-state index in [-0.39, 0.29) is 18.3 Å². The molecule has 1 saturated heterocycles. The maximum atomic E-state index is 6.51. The monoisotopic (exact) mass is 524 g/mol. The first-order valence-electron chi connectivity index (χ1n) is 13.6. The smallest absolute Gasteiger partial charge is 0.161 e. The van der Waals surface area contributed by atoms with Crippen molar-refractivity contribution in [1.82, 2.24) is 0 Å². The van der Waals surface area contributed by atoms with Crippen LogP contribution >= 0.6 is 0 Å². The van der Waals surface area contributed by atoms with Crippen LogP contribution in [-0.4, -0.2) is 31.2 Å². The van der Waals surface area contributed by atoms with Crippen molar-refractivity contribution in [3.63, 3.8) is 0 Å². The van der Waals surface area contributed by atoms with Gasteiger partial charge in [-0.1, -0.05) is 121 Å². The van der Waals surface area contributed by atoms with E-state index in [1.54, 1.807) is 0 Å². The molecule has 0 saturated carbocycles. The lowest BCUT2D eigenvalue weighted by Crippen LogP contribution is -2.53. The SMILES string of the molecule is c1ccc(COC[C@H]2OC(OCc3ccccc3)C[C@@H](OCc3ccccc3)[C@@H]2OCc2ccccc2)cc1. The summed E-state index contributed by atoms with van der Waals surface area (Å²) in [5.74, 6) is 0. The van der Waals surface area contributed by atoms with Crippen LogP contribution in [0.2, 0.25) is 0 Å². The average Bonchev–Trinajstić information content (AvgIpc) is 3.00. The van der Waals surface area contributed by atoms with Gasteiger partial charge in [-0.3, -0.25) is 0 Å². The number of ether oxygens (including phenoxy) is 5. The lowest BCUT2D eigenvalue weighted by atomic mass is 10.0. The van der Waals surface area contributed by atoms with Gasteiger partial charge in [0.25, 0.3) is 0 Å². The molecule has 0 N–H and O–H groups in total. The Hall–Kier alpha value is -3.32. The highest BCUT2D eigenvalue weighted by atomic mass is 16.7. The first kappa shape index (κ1) is 27.3. The zero-order chi connectivity index (χ0) is 26.5. The summed E-state index contributed by atoms with van der Waals surface area (Å²) < 4.78 is 31.9. The second kappa shape index (κ2) is 14.7. The molecular weight excluding hydrogens is 488 g/mol. The van der Waals surface area contributed by atoms with Gasteiger partial charge in [0.05, 0.1) is 39.1 Å². The highest BCUT2D eigenvalue weighted by Gasteiger charge is 2.41.